The van der Waals surface area contributed by atoms with E-state index in [1.54, 1.807) is 22.8 Å². The van der Waals surface area contributed by atoms with Gasteiger partial charge >= 0.3 is 12.3 Å². The second-order valence-electron chi connectivity index (χ2n) is 8.77. The molecule has 1 saturated heterocycles. The van der Waals surface area contributed by atoms with Gasteiger partial charge in [0.05, 0.1) is 31.0 Å². The number of sulfonamides is 1. The number of ether oxygens (including phenoxy) is 3. The fourth-order valence-electron chi connectivity index (χ4n) is 4.11. The lowest BCUT2D eigenvalue weighted by Crippen LogP contribution is -2.40. The average molecular weight is 625 g/mol. The fourth-order valence-corrected chi connectivity index (χ4v) is 6.41. The molecule has 2 aromatic carbocycles. The number of morpholine rings is 1. The molecule has 0 atom stereocenters. The summed E-state index contributed by atoms with van der Waals surface area (Å²) in [4.78, 5) is 11.8. The zero-order valence-corrected chi connectivity index (χ0v) is 23.5. The number of hydrogen-bond acceptors (Lipinski definition) is 10. The van der Waals surface area contributed by atoms with E-state index in [0.29, 0.717) is 35.4 Å². The normalized spacial score (nSPS) is 14.6. The number of esters is 1. The second-order valence-corrected chi connectivity index (χ2v) is 11.7. The lowest BCUT2D eigenvalue weighted by atomic mass is 10.2. The monoisotopic (exact) mass is 624 g/mol. The van der Waals surface area contributed by atoms with Crippen molar-refractivity contribution >= 4 is 27.8 Å². The molecule has 3 heterocycles. The Hall–Kier alpha value is -3.86. The molecule has 0 unspecified atom stereocenters. The summed E-state index contributed by atoms with van der Waals surface area (Å²) < 4.78 is 87.1. The Balaban J connectivity index is 1.51. The third kappa shape index (κ3) is 6.61. The van der Waals surface area contributed by atoms with Gasteiger partial charge in [0.15, 0.2) is 11.0 Å². The highest BCUT2D eigenvalue weighted by molar-refractivity contribution is 7.98. The Bertz CT molecular complexity index is 1670. The Labute approximate surface area is 242 Å². The van der Waals surface area contributed by atoms with E-state index in [-0.39, 0.29) is 35.3 Å². The van der Waals surface area contributed by atoms with Crippen LogP contribution in [0.2, 0.25) is 0 Å². The van der Waals surface area contributed by atoms with Crippen molar-refractivity contribution in [2.75, 3.05) is 33.4 Å². The summed E-state index contributed by atoms with van der Waals surface area (Å²) in [6.45, 7) is 1.03. The van der Waals surface area contributed by atoms with Crippen molar-refractivity contribution in [1.29, 1.82) is 0 Å². The lowest BCUT2D eigenvalue weighted by molar-refractivity contribution is -0.274. The smallest absolute Gasteiger partial charge is 0.463 e. The first kappa shape index (κ1) is 29.6. The first-order chi connectivity index (χ1) is 20.0. The number of alkyl halides is 3. The van der Waals surface area contributed by atoms with E-state index in [2.05, 4.69) is 19.7 Å². The summed E-state index contributed by atoms with van der Waals surface area (Å²) in [5.41, 5.74) is 0.799. The number of methoxy groups -OCH3 is 1. The molecule has 0 bridgehead atoms. The van der Waals surface area contributed by atoms with Gasteiger partial charge in [-0.2, -0.15) is 4.31 Å². The van der Waals surface area contributed by atoms with Crippen molar-refractivity contribution in [3.63, 3.8) is 0 Å². The molecule has 0 radical (unpaired) electrons. The number of nitrogens with zero attached hydrogens (tertiary/aromatic N) is 4. The molecule has 1 aliphatic heterocycles. The Morgan fingerprint density at radius 2 is 1.79 bits per heavy atom. The van der Waals surface area contributed by atoms with Crippen LogP contribution in [0.3, 0.4) is 0 Å². The van der Waals surface area contributed by atoms with E-state index < -0.39 is 28.1 Å². The summed E-state index contributed by atoms with van der Waals surface area (Å²) >= 11 is 1.18. The van der Waals surface area contributed by atoms with E-state index in [9.17, 15) is 26.4 Å². The van der Waals surface area contributed by atoms with Gasteiger partial charge in [0.2, 0.25) is 15.8 Å². The molecule has 0 amide bonds. The highest BCUT2D eigenvalue weighted by Crippen LogP contribution is 2.33. The van der Waals surface area contributed by atoms with Gasteiger partial charge in [-0.3, -0.25) is 4.57 Å². The minimum atomic E-state index is -4.86. The van der Waals surface area contributed by atoms with Crippen molar-refractivity contribution in [1.82, 2.24) is 19.1 Å². The van der Waals surface area contributed by atoms with Crippen molar-refractivity contribution in [2.24, 2.45) is 0 Å². The number of furan rings is 1. The Kier molecular flexibility index (Phi) is 8.58. The third-order valence-electron chi connectivity index (χ3n) is 6.05. The summed E-state index contributed by atoms with van der Waals surface area (Å²) in [5.74, 6) is -0.131. The predicted molar refractivity (Wildman–Crippen MR) is 143 cm³/mol. The van der Waals surface area contributed by atoms with Gasteiger partial charge in [0.1, 0.15) is 11.5 Å². The molecule has 0 saturated carbocycles. The summed E-state index contributed by atoms with van der Waals surface area (Å²) in [5, 5.41) is 8.87. The largest absolute Gasteiger partial charge is 0.573 e. The van der Waals surface area contributed by atoms with Crippen LogP contribution in [0.4, 0.5) is 13.2 Å². The molecule has 222 valence electrons. The maximum atomic E-state index is 13.3. The quantitative estimate of drug-likeness (QED) is 0.194. The SMILES string of the molecule is COC(=O)c1ccc(CSc2nnc(-c3cccc(S(=O)(=O)N4CCOCC4)c3)n2-c2ccc(OC(F)(F)F)cc2)o1. The fraction of sp³-hybridized carbons (Fsp3) is 0.269. The molecule has 1 fully saturated rings. The van der Waals surface area contributed by atoms with Gasteiger partial charge in [-0.15, -0.1) is 23.4 Å². The van der Waals surface area contributed by atoms with Crippen LogP contribution in [0.15, 0.2) is 75.1 Å². The molecule has 4 aromatic rings. The molecular formula is C26H23F3N4O7S2. The number of aromatic nitrogens is 3. The zero-order valence-electron chi connectivity index (χ0n) is 21.9. The standard InChI is InChI=1S/C26H23F3N4O7S2/c1-37-24(34)22-10-9-20(39-22)16-41-25-31-30-23(33(25)18-5-7-19(8-6-18)40-26(27,28)29)17-3-2-4-21(15-17)42(35,36)32-11-13-38-14-12-32/h2-10,15H,11-14,16H2,1H3. The van der Waals surface area contributed by atoms with Crippen molar-refractivity contribution in [2.45, 2.75) is 22.2 Å². The van der Waals surface area contributed by atoms with Crippen LogP contribution in [0, 0.1) is 0 Å². The van der Waals surface area contributed by atoms with Gasteiger partial charge < -0.3 is 18.6 Å². The molecule has 2 aromatic heterocycles. The van der Waals surface area contributed by atoms with Crippen molar-refractivity contribution in [3.05, 3.63) is 72.2 Å². The molecule has 0 aliphatic carbocycles. The van der Waals surface area contributed by atoms with E-state index in [0.717, 1.165) is 12.1 Å². The summed E-state index contributed by atoms with van der Waals surface area (Å²) in [7, 11) is -2.59. The lowest BCUT2D eigenvalue weighted by Gasteiger charge is -2.26. The van der Waals surface area contributed by atoms with E-state index in [1.807, 2.05) is 0 Å². The molecule has 1 aliphatic rings. The summed E-state index contributed by atoms with van der Waals surface area (Å²) in [6, 6.07) is 14.3. The molecular weight excluding hydrogens is 601 g/mol. The third-order valence-corrected chi connectivity index (χ3v) is 8.90. The number of benzene rings is 2. The Morgan fingerprint density at radius 3 is 2.48 bits per heavy atom. The van der Waals surface area contributed by atoms with Crippen LogP contribution in [-0.4, -0.2) is 73.2 Å². The van der Waals surface area contributed by atoms with Crippen LogP contribution in [0.1, 0.15) is 16.3 Å². The summed E-state index contributed by atoms with van der Waals surface area (Å²) in [6.07, 6.45) is -4.86. The number of carbonyl (C=O) groups is 1. The van der Waals surface area contributed by atoms with Crippen molar-refractivity contribution in [3.8, 4) is 22.8 Å². The van der Waals surface area contributed by atoms with Crippen LogP contribution in [0.5, 0.6) is 5.75 Å². The van der Waals surface area contributed by atoms with E-state index in [1.165, 1.54) is 53.5 Å². The van der Waals surface area contributed by atoms with Gasteiger partial charge in [-0.05, 0) is 48.5 Å². The van der Waals surface area contributed by atoms with Crippen LogP contribution in [-0.2, 0) is 25.2 Å². The maximum absolute atomic E-state index is 13.3. The zero-order chi connectivity index (χ0) is 29.9. The number of carbonyl (C=O) groups excluding carboxylic acids is 1. The number of rotatable bonds is 9. The first-order valence-electron chi connectivity index (χ1n) is 12.3. The van der Waals surface area contributed by atoms with Gasteiger partial charge in [-0.25, -0.2) is 13.2 Å². The molecule has 11 nitrogen and oxygen atoms in total. The number of hydrogen-bond donors (Lipinski definition) is 0. The minimum absolute atomic E-state index is 0.0220. The molecule has 5 rings (SSSR count). The van der Waals surface area contributed by atoms with Gasteiger partial charge in [0.25, 0.3) is 0 Å². The minimum Gasteiger partial charge on any atom is -0.463 e. The first-order valence-corrected chi connectivity index (χ1v) is 14.8. The van der Waals surface area contributed by atoms with Crippen LogP contribution in [0.25, 0.3) is 17.1 Å². The van der Waals surface area contributed by atoms with Crippen LogP contribution < -0.4 is 4.74 Å². The maximum Gasteiger partial charge on any atom is 0.573 e. The van der Waals surface area contributed by atoms with Gasteiger partial charge in [-0.1, -0.05) is 23.9 Å². The Morgan fingerprint density at radius 1 is 1.05 bits per heavy atom. The van der Waals surface area contributed by atoms with Crippen LogP contribution >= 0.6 is 11.8 Å². The van der Waals surface area contributed by atoms with Gasteiger partial charge in [0, 0.05) is 24.3 Å². The van der Waals surface area contributed by atoms with Crippen molar-refractivity contribution < 1.29 is 45.0 Å². The molecule has 42 heavy (non-hydrogen) atoms. The highest BCUT2D eigenvalue weighted by Gasteiger charge is 2.31. The molecule has 0 spiro atoms. The van der Waals surface area contributed by atoms with E-state index in [4.69, 9.17) is 9.15 Å². The molecule has 0 N–H and O–H groups in total. The number of thioether (sulfide) groups is 1. The molecule has 16 heteroatoms. The topological polar surface area (TPSA) is 126 Å². The average Bonchev–Trinajstić information content (AvgIpc) is 3.63. The second kappa shape index (κ2) is 12.2. The predicted octanol–water partition coefficient (Wildman–Crippen LogP) is 4.53. The highest BCUT2D eigenvalue weighted by atomic mass is 32.2. The number of halogens is 3. The van der Waals surface area contributed by atoms with E-state index >= 15 is 0 Å².